The van der Waals surface area contributed by atoms with Gasteiger partial charge < -0.3 is 10.3 Å². The summed E-state index contributed by atoms with van der Waals surface area (Å²) in [6.45, 7) is 0. The molecule has 0 atom stereocenters. The fraction of sp³-hybridized carbons (Fsp3) is 0.0667. The van der Waals surface area contributed by atoms with Crippen LogP contribution in [0, 0.1) is 0 Å². The Morgan fingerprint density at radius 3 is 2.71 bits per heavy atom. The number of hydrogen-bond acceptors (Lipinski definition) is 5. The van der Waals surface area contributed by atoms with Gasteiger partial charge in [0.2, 0.25) is 0 Å². The lowest BCUT2D eigenvalue weighted by Crippen LogP contribution is -1.86. The third-order valence-corrected chi connectivity index (χ3v) is 4.32. The molecule has 0 spiro atoms. The Bertz CT molecular complexity index is 743. The molecule has 0 aliphatic rings. The molecule has 106 valence electrons. The highest BCUT2D eigenvalue weighted by Gasteiger charge is 2.09. The molecule has 2 N–H and O–H groups in total. The van der Waals surface area contributed by atoms with Crippen molar-refractivity contribution in [1.29, 1.82) is 0 Å². The predicted molar refractivity (Wildman–Crippen MR) is 87.8 cm³/mol. The van der Waals surface area contributed by atoms with Crippen LogP contribution in [0.2, 0.25) is 0 Å². The van der Waals surface area contributed by atoms with Crippen LogP contribution in [0.3, 0.4) is 0 Å². The second-order valence-electron chi connectivity index (χ2n) is 4.38. The molecule has 0 aliphatic carbocycles. The average molecular weight is 362 g/mol. The lowest BCUT2D eigenvalue weighted by atomic mass is 10.2. The molecule has 21 heavy (non-hydrogen) atoms. The fourth-order valence-corrected chi connectivity index (χ4v) is 2.79. The van der Waals surface area contributed by atoms with Gasteiger partial charge in [-0.1, -0.05) is 27.2 Å². The van der Waals surface area contributed by atoms with Gasteiger partial charge in [0, 0.05) is 20.6 Å². The minimum Gasteiger partial charge on any atom is -0.399 e. The van der Waals surface area contributed by atoms with Gasteiger partial charge in [0.05, 0.1) is 5.75 Å². The van der Waals surface area contributed by atoms with E-state index in [-0.39, 0.29) is 0 Å². The summed E-state index contributed by atoms with van der Waals surface area (Å²) >= 11 is 5.08. The summed E-state index contributed by atoms with van der Waals surface area (Å²) in [5, 5.41) is 4.00. The van der Waals surface area contributed by atoms with Gasteiger partial charge in [0.1, 0.15) is 0 Å². The van der Waals surface area contributed by atoms with Crippen molar-refractivity contribution < 1.29 is 4.52 Å². The van der Waals surface area contributed by atoms with E-state index in [1.54, 1.807) is 11.8 Å². The predicted octanol–water partition coefficient (Wildman–Crippen LogP) is 4.37. The second kappa shape index (κ2) is 6.32. The van der Waals surface area contributed by atoms with Crippen molar-refractivity contribution in [3.63, 3.8) is 0 Å². The van der Waals surface area contributed by atoms with Crippen LogP contribution in [0.5, 0.6) is 0 Å². The number of nitrogen functional groups attached to an aromatic ring is 1. The number of rotatable bonds is 4. The van der Waals surface area contributed by atoms with Crippen molar-refractivity contribution in [2.24, 2.45) is 0 Å². The van der Waals surface area contributed by atoms with Crippen LogP contribution in [0.25, 0.3) is 11.5 Å². The van der Waals surface area contributed by atoms with E-state index in [1.165, 1.54) is 0 Å². The lowest BCUT2D eigenvalue weighted by molar-refractivity contribution is 0.425. The zero-order valence-corrected chi connectivity index (χ0v) is 13.4. The maximum atomic E-state index is 5.75. The third kappa shape index (κ3) is 3.65. The molecule has 0 unspecified atom stereocenters. The smallest absolute Gasteiger partial charge is 0.258 e. The van der Waals surface area contributed by atoms with Crippen molar-refractivity contribution in [3.05, 3.63) is 58.8 Å². The van der Waals surface area contributed by atoms with Gasteiger partial charge in [-0.25, -0.2) is 0 Å². The molecule has 0 aliphatic heterocycles. The number of hydrogen-bond donors (Lipinski definition) is 1. The highest BCUT2D eigenvalue weighted by atomic mass is 79.9. The number of nitrogens with zero attached hydrogens (tertiary/aromatic N) is 2. The average Bonchev–Trinajstić information content (AvgIpc) is 2.96. The lowest BCUT2D eigenvalue weighted by Gasteiger charge is -1.98. The highest BCUT2D eigenvalue weighted by molar-refractivity contribution is 9.10. The Hall–Kier alpha value is -1.79. The molecule has 0 amide bonds. The summed E-state index contributed by atoms with van der Waals surface area (Å²) in [6, 6.07) is 15.5. The number of benzene rings is 2. The first-order valence-electron chi connectivity index (χ1n) is 6.27. The zero-order valence-electron chi connectivity index (χ0n) is 11.0. The first kappa shape index (κ1) is 14.2. The zero-order chi connectivity index (χ0) is 14.7. The first-order valence-corrected chi connectivity index (χ1v) is 8.05. The first-order chi connectivity index (χ1) is 10.2. The van der Waals surface area contributed by atoms with Crippen molar-refractivity contribution in [3.8, 4) is 11.5 Å². The van der Waals surface area contributed by atoms with Gasteiger partial charge in [-0.15, -0.1) is 11.8 Å². The molecule has 3 aromatic rings. The van der Waals surface area contributed by atoms with Gasteiger partial charge in [-0.3, -0.25) is 0 Å². The van der Waals surface area contributed by atoms with Crippen LogP contribution in [0.15, 0.2) is 62.4 Å². The summed E-state index contributed by atoms with van der Waals surface area (Å²) in [6.07, 6.45) is 0. The summed E-state index contributed by atoms with van der Waals surface area (Å²) in [4.78, 5) is 5.55. The maximum absolute atomic E-state index is 5.75. The van der Waals surface area contributed by atoms with Gasteiger partial charge >= 0.3 is 0 Å². The van der Waals surface area contributed by atoms with Gasteiger partial charge in [0.15, 0.2) is 5.82 Å². The molecule has 1 aromatic heterocycles. The minimum absolute atomic E-state index is 0.494. The molecule has 1 heterocycles. The van der Waals surface area contributed by atoms with Gasteiger partial charge in [-0.05, 0) is 42.5 Å². The molecule has 4 nitrogen and oxygen atoms in total. The summed E-state index contributed by atoms with van der Waals surface area (Å²) in [5.41, 5.74) is 7.26. The SMILES string of the molecule is Nc1cccc(-c2nc(CSc3ccc(Br)cc3)no2)c1. The molecule has 6 heteroatoms. The number of aromatic nitrogens is 2. The van der Waals surface area contributed by atoms with Crippen molar-refractivity contribution in [2.45, 2.75) is 10.6 Å². The highest BCUT2D eigenvalue weighted by Crippen LogP contribution is 2.25. The molecule has 0 saturated heterocycles. The molecule has 0 saturated carbocycles. The Kier molecular flexibility index (Phi) is 4.26. The maximum Gasteiger partial charge on any atom is 0.258 e. The van der Waals surface area contributed by atoms with Crippen LogP contribution < -0.4 is 5.73 Å². The van der Waals surface area contributed by atoms with Crippen molar-refractivity contribution in [1.82, 2.24) is 10.1 Å². The number of anilines is 1. The standard InChI is InChI=1S/C15H12BrN3OS/c16-11-4-6-13(7-5-11)21-9-14-18-15(20-19-14)10-2-1-3-12(17)8-10/h1-8H,9,17H2. The molecule has 0 bridgehead atoms. The van der Waals surface area contributed by atoms with E-state index >= 15 is 0 Å². The molecule has 0 radical (unpaired) electrons. The fourth-order valence-electron chi connectivity index (χ4n) is 1.78. The number of nitrogens with two attached hydrogens (primary N) is 1. The topological polar surface area (TPSA) is 64.9 Å². The van der Waals surface area contributed by atoms with E-state index in [0.29, 0.717) is 23.2 Å². The Balaban J connectivity index is 1.69. The largest absolute Gasteiger partial charge is 0.399 e. The van der Waals surface area contributed by atoms with Crippen LogP contribution in [0.1, 0.15) is 5.82 Å². The van der Waals surface area contributed by atoms with Crippen molar-refractivity contribution in [2.75, 3.05) is 5.73 Å². The van der Waals surface area contributed by atoms with E-state index < -0.39 is 0 Å². The summed E-state index contributed by atoms with van der Waals surface area (Å²) in [7, 11) is 0. The molecule has 3 rings (SSSR count). The van der Waals surface area contributed by atoms with E-state index in [0.717, 1.165) is 14.9 Å². The normalized spacial score (nSPS) is 10.7. The monoisotopic (exact) mass is 361 g/mol. The quantitative estimate of drug-likeness (QED) is 0.551. The Morgan fingerprint density at radius 2 is 1.95 bits per heavy atom. The number of thioether (sulfide) groups is 1. The van der Waals surface area contributed by atoms with Crippen LogP contribution in [-0.2, 0) is 5.75 Å². The van der Waals surface area contributed by atoms with Crippen molar-refractivity contribution >= 4 is 33.4 Å². The van der Waals surface area contributed by atoms with Gasteiger partial charge in [-0.2, -0.15) is 4.98 Å². The van der Waals surface area contributed by atoms with Gasteiger partial charge in [0.25, 0.3) is 5.89 Å². The van der Waals surface area contributed by atoms with Crippen LogP contribution in [0.4, 0.5) is 5.69 Å². The van der Waals surface area contributed by atoms with E-state index in [2.05, 4.69) is 26.1 Å². The molecular formula is C15H12BrN3OS. The number of halogens is 1. The molecule has 0 fully saturated rings. The molecule has 2 aromatic carbocycles. The summed E-state index contributed by atoms with van der Waals surface area (Å²) < 4.78 is 6.34. The Morgan fingerprint density at radius 1 is 1.14 bits per heavy atom. The minimum atomic E-state index is 0.494. The Labute approximate surface area is 134 Å². The summed E-state index contributed by atoms with van der Waals surface area (Å²) in [5.74, 6) is 1.82. The van der Waals surface area contributed by atoms with E-state index in [4.69, 9.17) is 10.3 Å². The van der Waals surface area contributed by atoms with E-state index in [1.807, 2.05) is 48.5 Å². The second-order valence-corrected chi connectivity index (χ2v) is 6.35. The van der Waals surface area contributed by atoms with Crippen LogP contribution in [-0.4, -0.2) is 10.1 Å². The van der Waals surface area contributed by atoms with E-state index in [9.17, 15) is 0 Å². The third-order valence-electron chi connectivity index (χ3n) is 2.78. The molecular weight excluding hydrogens is 350 g/mol. The van der Waals surface area contributed by atoms with Crippen LogP contribution >= 0.6 is 27.7 Å².